The Morgan fingerprint density at radius 3 is 3.00 bits per heavy atom. The average molecular weight is 215 g/mol. The van der Waals surface area contributed by atoms with Gasteiger partial charge in [0.15, 0.2) is 5.82 Å². The van der Waals surface area contributed by atoms with Gasteiger partial charge in [0, 0.05) is 17.3 Å². The molecule has 0 saturated carbocycles. The quantitative estimate of drug-likeness (QED) is 0.625. The summed E-state index contributed by atoms with van der Waals surface area (Å²) >= 11 is 1.66. The van der Waals surface area contributed by atoms with Crippen molar-refractivity contribution < 1.29 is 0 Å². The molecule has 1 N–H and O–H groups in total. The van der Waals surface area contributed by atoms with Crippen molar-refractivity contribution in [3.05, 3.63) is 36.2 Å². The van der Waals surface area contributed by atoms with Gasteiger partial charge >= 0.3 is 0 Å². The molecule has 3 nitrogen and oxygen atoms in total. The zero-order valence-electron chi connectivity index (χ0n) is 8.19. The van der Waals surface area contributed by atoms with Crippen molar-refractivity contribution in [2.24, 2.45) is 0 Å². The fourth-order valence-corrected chi connectivity index (χ4v) is 2.43. The zero-order chi connectivity index (χ0) is 10.3. The number of benzene rings is 1. The van der Waals surface area contributed by atoms with Gasteiger partial charge in [-0.2, -0.15) is 0 Å². The molecule has 0 unspecified atom stereocenters. The van der Waals surface area contributed by atoms with E-state index in [1.54, 1.807) is 24.2 Å². The molecule has 1 aliphatic rings. The molecule has 4 heteroatoms. The zero-order valence-corrected chi connectivity index (χ0v) is 9.01. The standard InChI is InChI=1S/C11H9N3S/c1-7-2-3-9-8(6-7)14-10-11(15-9)13-5-4-12-10/h2-6H,1H3,(H,12,14). The highest BCUT2D eigenvalue weighted by Gasteiger charge is 2.16. The molecule has 3 rings (SSSR count). The van der Waals surface area contributed by atoms with Gasteiger partial charge in [-0.05, 0) is 24.6 Å². The summed E-state index contributed by atoms with van der Waals surface area (Å²) < 4.78 is 0. The van der Waals surface area contributed by atoms with Crippen LogP contribution in [0.15, 0.2) is 40.5 Å². The number of nitrogens with zero attached hydrogens (tertiary/aromatic N) is 2. The average Bonchev–Trinajstić information content (AvgIpc) is 2.26. The molecule has 1 aromatic carbocycles. The van der Waals surface area contributed by atoms with E-state index in [2.05, 4.69) is 40.4 Å². The SMILES string of the molecule is Cc1ccc2c(c1)Nc1nccnc1S2. The lowest BCUT2D eigenvalue weighted by molar-refractivity contribution is 1.05. The number of hydrogen-bond acceptors (Lipinski definition) is 4. The molecule has 2 heterocycles. The van der Waals surface area contributed by atoms with Crippen molar-refractivity contribution in [1.29, 1.82) is 0 Å². The van der Waals surface area contributed by atoms with E-state index < -0.39 is 0 Å². The molecular formula is C11H9N3S. The van der Waals surface area contributed by atoms with Crippen molar-refractivity contribution in [1.82, 2.24) is 9.97 Å². The van der Waals surface area contributed by atoms with Crippen LogP contribution in [0.5, 0.6) is 0 Å². The largest absolute Gasteiger partial charge is 0.337 e. The smallest absolute Gasteiger partial charge is 0.163 e. The van der Waals surface area contributed by atoms with Gasteiger partial charge in [-0.3, -0.25) is 0 Å². The fourth-order valence-electron chi connectivity index (χ4n) is 1.55. The molecule has 1 aromatic heterocycles. The topological polar surface area (TPSA) is 37.8 Å². The van der Waals surface area contributed by atoms with E-state index in [0.29, 0.717) is 0 Å². The van der Waals surface area contributed by atoms with Crippen LogP contribution < -0.4 is 5.32 Å². The van der Waals surface area contributed by atoms with E-state index in [9.17, 15) is 0 Å². The molecule has 1 aliphatic heterocycles. The normalized spacial score (nSPS) is 12.6. The number of anilines is 2. The molecule has 15 heavy (non-hydrogen) atoms. The summed E-state index contributed by atoms with van der Waals surface area (Å²) in [6.45, 7) is 2.08. The van der Waals surface area contributed by atoms with E-state index in [4.69, 9.17) is 0 Å². The second-order valence-corrected chi connectivity index (χ2v) is 4.47. The van der Waals surface area contributed by atoms with E-state index in [1.165, 1.54) is 10.5 Å². The van der Waals surface area contributed by atoms with Gasteiger partial charge in [0.05, 0.1) is 5.69 Å². The predicted molar refractivity (Wildman–Crippen MR) is 60.6 cm³/mol. The van der Waals surface area contributed by atoms with Gasteiger partial charge in [0.25, 0.3) is 0 Å². The maximum atomic E-state index is 4.28. The molecule has 0 radical (unpaired) electrons. The van der Waals surface area contributed by atoms with Crippen molar-refractivity contribution in [2.45, 2.75) is 16.8 Å². The Bertz CT molecular complexity index is 525. The Morgan fingerprint density at radius 1 is 1.20 bits per heavy atom. The van der Waals surface area contributed by atoms with E-state index >= 15 is 0 Å². The van der Waals surface area contributed by atoms with Crippen molar-refractivity contribution in [3.8, 4) is 0 Å². The fraction of sp³-hybridized carbons (Fsp3) is 0.0909. The maximum absolute atomic E-state index is 4.28. The lowest BCUT2D eigenvalue weighted by atomic mass is 10.2. The third-order valence-electron chi connectivity index (χ3n) is 2.26. The van der Waals surface area contributed by atoms with Gasteiger partial charge < -0.3 is 5.32 Å². The number of aryl methyl sites for hydroxylation is 1. The van der Waals surface area contributed by atoms with E-state index in [0.717, 1.165) is 16.5 Å². The molecule has 0 amide bonds. The van der Waals surface area contributed by atoms with Crippen LogP contribution in [-0.4, -0.2) is 9.97 Å². The van der Waals surface area contributed by atoms with Crippen LogP contribution in [0.4, 0.5) is 11.5 Å². The summed E-state index contributed by atoms with van der Waals surface area (Å²) in [6.07, 6.45) is 3.42. The Morgan fingerprint density at radius 2 is 2.07 bits per heavy atom. The predicted octanol–water partition coefficient (Wildman–Crippen LogP) is 2.99. The third-order valence-corrected chi connectivity index (χ3v) is 3.33. The molecule has 0 aliphatic carbocycles. The maximum Gasteiger partial charge on any atom is 0.163 e. The van der Waals surface area contributed by atoms with Crippen molar-refractivity contribution in [2.75, 3.05) is 5.32 Å². The van der Waals surface area contributed by atoms with Gasteiger partial charge in [-0.25, -0.2) is 9.97 Å². The van der Waals surface area contributed by atoms with E-state index in [1.807, 2.05) is 0 Å². The van der Waals surface area contributed by atoms with Gasteiger partial charge in [-0.15, -0.1) is 0 Å². The molecule has 0 bridgehead atoms. The first-order chi connectivity index (χ1) is 7.33. The highest BCUT2D eigenvalue weighted by atomic mass is 32.2. The Hall–Kier alpha value is -1.55. The first kappa shape index (κ1) is 8.73. The molecule has 74 valence electrons. The Kier molecular flexibility index (Phi) is 1.89. The highest BCUT2D eigenvalue weighted by molar-refractivity contribution is 7.99. The highest BCUT2D eigenvalue weighted by Crippen LogP contribution is 2.41. The van der Waals surface area contributed by atoms with Crippen molar-refractivity contribution >= 4 is 23.3 Å². The number of nitrogens with one attached hydrogen (secondary N) is 1. The lowest BCUT2D eigenvalue weighted by Gasteiger charge is -2.18. The second kappa shape index (κ2) is 3.24. The van der Waals surface area contributed by atoms with Gasteiger partial charge in [0.2, 0.25) is 0 Å². The number of fused-ring (bicyclic) bond motifs is 2. The number of rotatable bonds is 0. The first-order valence-electron chi connectivity index (χ1n) is 4.69. The molecule has 0 atom stereocenters. The molecular weight excluding hydrogens is 206 g/mol. The Balaban J connectivity index is 2.11. The lowest BCUT2D eigenvalue weighted by Crippen LogP contribution is -2.03. The summed E-state index contributed by atoms with van der Waals surface area (Å²) in [7, 11) is 0. The Labute approximate surface area is 92.0 Å². The minimum atomic E-state index is 0.848. The van der Waals surface area contributed by atoms with Crippen LogP contribution in [0.25, 0.3) is 0 Å². The molecule has 2 aromatic rings. The van der Waals surface area contributed by atoms with Crippen LogP contribution in [0.1, 0.15) is 5.56 Å². The summed E-state index contributed by atoms with van der Waals surface area (Å²) in [5.74, 6) is 0.848. The van der Waals surface area contributed by atoms with E-state index in [-0.39, 0.29) is 0 Å². The summed E-state index contributed by atoms with van der Waals surface area (Å²) in [6, 6.07) is 6.34. The van der Waals surface area contributed by atoms with Crippen LogP contribution in [0.3, 0.4) is 0 Å². The number of aromatic nitrogens is 2. The van der Waals surface area contributed by atoms with Gasteiger partial charge in [0.1, 0.15) is 5.03 Å². The molecule has 0 spiro atoms. The second-order valence-electron chi connectivity index (χ2n) is 3.44. The number of hydrogen-bond donors (Lipinski definition) is 1. The summed E-state index contributed by atoms with van der Waals surface area (Å²) in [4.78, 5) is 9.73. The minimum absolute atomic E-state index is 0.848. The minimum Gasteiger partial charge on any atom is -0.337 e. The van der Waals surface area contributed by atoms with Crippen LogP contribution in [0.2, 0.25) is 0 Å². The molecule has 0 saturated heterocycles. The van der Waals surface area contributed by atoms with Crippen LogP contribution in [-0.2, 0) is 0 Å². The van der Waals surface area contributed by atoms with Crippen LogP contribution >= 0.6 is 11.8 Å². The third kappa shape index (κ3) is 1.47. The summed E-state index contributed by atoms with van der Waals surface area (Å²) in [5, 5.41) is 4.23. The monoisotopic (exact) mass is 215 g/mol. The van der Waals surface area contributed by atoms with Crippen molar-refractivity contribution in [3.63, 3.8) is 0 Å². The summed E-state index contributed by atoms with van der Waals surface area (Å²) in [5.41, 5.74) is 2.36. The van der Waals surface area contributed by atoms with Crippen LogP contribution in [0, 0.1) is 6.92 Å². The molecule has 0 fully saturated rings. The van der Waals surface area contributed by atoms with Gasteiger partial charge in [-0.1, -0.05) is 17.8 Å². The first-order valence-corrected chi connectivity index (χ1v) is 5.51.